The van der Waals surface area contributed by atoms with E-state index in [1.165, 1.54) is 50.2 Å². The summed E-state index contributed by atoms with van der Waals surface area (Å²) in [6.45, 7) is 5.15. The number of hydrogen-bond acceptors (Lipinski definition) is 2. The maximum absolute atomic E-state index is 14.7. The van der Waals surface area contributed by atoms with Crippen LogP contribution in [0.2, 0.25) is 0 Å². The van der Waals surface area contributed by atoms with Crippen LogP contribution in [0.1, 0.15) is 83.1 Å². The summed E-state index contributed by atoms with van der Waals surface area (Å²) in [4.78, 5) is 0. The Kier molecular flexibility index (Phi) is 9.37. The van der Waals surface area contributed by atoms with Crippen molar-refractivity contribution in [2.75, 3.05) is 13.2 Å². The van der Waals surface area contributed by atoms with Crippen LogP contribution < -0.4 is 4.74 Å². The standard InChI is InChI=1S/C31H40F2O2/c1-3-5-6-7-22-8-10-25(11-9-22)28-18-16-26(21-35-28)23-12-14-24(15-13-23)27-17-19-29(34-20-4-2)31(33)30(27)32/h3,5,12-15,17,19,22,25-26,28H,4,6-11,16,18,20-21H2,1-2H3/b5-3+. The first-order valence-corrected chi connectivity index (χ1v) is 13.5. The molecule has 2 nitrogen and oxygen atoms in total. The predicted octanol–water partition coefficient (Wildman–Crippen LogP) is 8.85. The van der Waals surface area contributed by atoms with Gasteiger partial charge in [0.25, 0.3) is 0 Å². The highest BCUT2D eigenvalue weighted by Crippen LogP contribution is 2.39. The van der Waals surface area contributed by atoms with E-state index < -0.39 is 11.6 Å². The maximum atomic E-state index is 14.7. The molecule has 2 fully saturated rings. The molecule has 4 rings (SSSR count). The largest absolute Gasteiger partial charge is 0.490 e. The third-order valence-corrected chi connectivity index (χ3v) is 7.91. The average Bonchev–Trinajstić information content (AvgIpc) is 2.90. The Labute approximate surface area is 209 Å². The van der Waals surface area contributed by atoms with Crippen LogP contribution >= 0.6 is 0 Å². The molecule has 1 saturated heterocycles. The summed E-state index contributed by atoms with van der Waals surface area (Å²) in [5.74, 6) is 0.157. The van der Waals surface area contributed by atoms with Gasteiger partial charge in [-0.25, -0.2) is 4.39 Å². The van der Waals surface area contributed by atoms with Gasteiger partial charge in [0.05, 0.1) is 19.3 Å². The van der Waals surface area contributed by atoms with E-state index >= 15 is 0 Å². The van der Waals surface area contributed by atoms with Crippen molar-refractivity contribution in [1.82, 2.24) is 0 Å². The van der Waals surface area contributed by atoms with E-state index in [0.717, 1.165) is 31.8 Å². The molecule has 1 aliphatic carbocycles. The lowest BCUT2D eigenvalue weighted by Crippen LogP contribution is -2.33. The van der Waals surface area contributed by atoms with E-state index in [9.17, 15) is 8.78 Å². The molecule has 2 atom stereocenters. The molecule has 0 radical (unpaired) electrons. The smallest absolute Gasteiger partial charge is 0.201 e. The Morgan fingerprint density at radius 2 is 1.71 bits per heavy atom. The summed E-state index contributed by atoms with van der Waals surface area (Å²) in [5.41, 5.74) is 2.15. The minimum absolute atomic E-state index is 0.0271. The molecule has 1 saturated carbocycles. The molecule has 1 aliphatic heterocycles. The highest BCUT2D eigenvalue weighted by atomic mass is 19.2. The summed E-state index contributed by atoms with van der Waals surface area (Å²) in [6, 6.07) is 11.0. The third kappa shape index (κ3) is 6.52. The SMILES string of the molecule is C/C=C/CCC1CCC(C2CCC(c3ccc(-c4ccc(OCCC)c(F)c4F)cc3)CO2)CC1. The van der Waals surface area contributed by atoms with Gasteiger partial charge in [-0.2, -0.15) is 4.39 Å². The van der Waals surface area contributed by atoms with Crippen molar-refractivity contribution in [1.29, 1.82) is 0 Å². The van der Waals surface area contributed by atoms with Gasteiger partial charge >= 0.3 is 0 Å². The number of rotatable bonds is 9. The first-order chi connectivity index (χ1) is 17.1. The van der Waals surface area contributed by atoms with Crippen molar-refractivity contribution in [3.8, 4) is 16.9 Å². The van der Waals surface area contributed by atoms with Gasteiger partial charge in [0.1, 0.15) is 0 Å². The van der Waals surface area contributed by atoms with E-state index in [0.29, 0.717) is 30.1 Å². The maximum Gasteiger partial charge on any atom is 0.201 e. The summed E-state index contributed by atoms with van der Waals surface area (Å²) < 4.78 is 40.8. The van der Waals surface area contributed by atoms with E-state index in [1.54, 1.807) is 6.07 Å². The van der Waals surface area contributed by atoms with E-state index in [4.69, 9.17) is 9.47 Å². The number of halogens is 2. The summed E-state index contributed by atoms with van der Waals surface area (Å²) in [5, 5.41) is 0. The molecule has 0 aromatic heterocycles. The van der Waals surface area contributed by atoms with Crippen LogP contribution in [-0.2, 0) is 4.74 Å². The second-order valence-corrected chi connectivity index (χ2v) is 10.3. The highest BCUT2D eigenvalue weighted by molar-refractivity contribution is 5.65. The van der Waals surface area contributed by atoms with E-state index in [1.807, 2.05) is 31.2 Å². The van der Waals surface area contributed by atoms with Crippen LogP contribution in [0.3, 0.4) is 0 Å². The van der Waals surface area contributed by atoms with Crippen molar-refractivity contribution in [2.24, 2.45) is 11.8 Å². The fourth-order valence-electron chi connectivity index (χ4n) is 5.77. The van der Waals surface area contributed by atoms with Crippen LogP contribution in [-0.4, -0.2) is 19.3 Å². The number of benzene rings is 2. The fraction of sp³-hybridized carbons (Fsp3) is 0.548. The first-order valence-electron chi connectivity index (χ1n) is 13.5. The van der Waals surface area contributed by atoms with Crippen molar-refractivity contribution < 1.29 is 18.3 Å². The average molecular weight is 483 g/mol. The van der Waals surface area contributed by atoms with Gasteiger partial charge in [0, 0.05) is 11.5 Å². The highest BCUT2D eigenvalue weighted by Gasteiger charge is 2.32. The Morgan fingerprint density at radius 3 is 2.37 bits per heavy atom. The van der Waals surface area contributed by atoms with Gasteiger partial charge in [-0.1, -0.05) is 56.2 Å². The number of hydrogen-bond donors (Lipinski definition) is 0. The lowest BCUT2D eigenvalue weighted by atomic mass is 9.75. The molecule has 0 spiro atoms. The molecule has 0 amide bonds. The number of ether oxygens (including phenoxy) is 2. The molecule has 190 valence electrons. The van der Waals surface area contributed by atoms with Crippen LogP contribution in [0.5, 0.6) is 5.75 Å². The molecule has 0 N–H and O–H groups in total. The molecule has 1 heterocycles. The second-order valence-electron chi connectivity index (χ2n) is 10.3. The predicted molar refractivity (Wildman–Crippen MR) is 139 cm³/mol. The second kappa shape index (κ2) is 12.7. The Balaban J connectivity index is 1.29. The normalized spacial score (nSPS) is 25.1. The summed E-state index contributed by atoms with van der Waals surface area (Å²) in [7, 11) is 0. The summed E-state index contributed by atoms with van der Waals surface area (Å²) in [6.07, 6.45) is 15.6. The van der Waals surface area contributed by atoms with Gasteiger partial charge in [0.15, 0.2) is 11.6 Å². The molecule has 0 bridgehead atoms. The molecule has 2 aromatic carbocycles. The fourth-order valence-corrected chi connectivity index (χ4v) is 5.77. The topological polar surface area (TPSA) is 18.5 Å². The minimum Gasteiger partial charge on any atom is -0.490 e. The lowest BCUT2D eigenvalue weighted by Gasteiger charge is -2.38. The lowest BCUT2D eigenvalue weighted by molar-refractivity contribution is -0.0435. The van der Waals surface area contributed by atoms with Crippen molar-refractivity contribution in [3.05, 3.63) is 65.7 Å². The third-order valence-electron chi connectivity index (χ3n) is 7.91. The Hall–Kier alpha value is -2.20. The number of allylic oxidation sites excluding steroid dienone is 2. The Bertz CT molecular complexity index is 953. The van der Waals surface area contributed by atoms with Crippen LogP contribution in [0.15, 0.2) is 48.6 Å². The molecular weight excluding hydrogens is 442 g/mol. The van der Waals surface area contributed by atoms with Crippen LogP contribution in [0.4, 0.5) is 8.78 Å². The van der Waals surface area contributed by atoms with Gasteiger partial charge in [-0.15, -0.1) is 0 Å². The molecule has 2 unspecified atom stereocenters. The van der Waals surface area contributed by atoms with Gasteiger partial charge < -0.3 is 9.47 Å². The van der Waals surface area contributed by atoms with Crippen molar-refractivity contribution in [2.45, 2.75) is 83.7 Å². The van der Waals surface area contributed by atoms with Crippen LogP contribution in [0, 0.1) is 23.5 Å². The van der Waals surface area contributed by atoms with Gasteiger partial charge in [0.2, 0.25) is 5.82 Å². The molecular formula is C31H40F2O2. The van der Waals surface area contributed by atoms with Gasteiger partial charge in [-0.05, 0) is 87.0 Å². The van der Waals surface area contributed by atoms with Crippen LogP contribution in [0.25, 0.3) is 11.1 Å². The van der Waals surface area contributed by atoms with E-state index in [-0.39, 0.29) is 11.3 Å². The monoisotopic (exact) mass is 482 g/mol. The zero-order valence-electron chi connectivity index (χ0n) is 21.3. The zero-order valence-corrected chi connectivity index (χ0v) is 21.3. The van der Waals surface area contributed by atoms with Gasteiger partial charge in [-0.3, -0.25) is 0 Å². The molecule has 35 heavy (non-hydrogen) atoms. The van der Waals surface area contributed by atoms with E-state index in [2.05, 4.69) is 19.1 Å². The first kappa shape index (κ1) is 25.9. The molecule has 4 heteroatoms. The molecule has 2 aliphatic rings. The zero-order chi connectivity index (χ0) is 24.6. The van der Waals surface area contributed by atoms with Crippen molar-refractivity contribution in [3.63, 3.8) is 0 Å². The van der Waals surface area contributed by atoms with Crippen molar-refractivity contribution >= 4 is 0 Å². The quantitative estimate of drug-likeness (QED) is 0.332. The molecule has 2 aromatic rings. The minimum atomic E-state index is -0.918. The Morgan fingerprint density at radius 1 is 0.943 bits per heavy atom. The summed E-state index contributed by atoms with van der Waals surface area (Å²) >= 11 is 0.